The second kappa shape index (κ2) is 5.03. The molecular formula is C12H14N2O4. The molecule has 18 heavy (non-hydrogen) atoms. The summed E-state index contributed by atoms with van der Waals surface area (Å²) in [4.78, 5) is 23.2. The topological polar surface area (TPSA) is 83.7 Å². The van der Waals surface area contributed by atoms with Crippen LogP contribution in [0.15, 0.2) is 24.3 Å². The zero-order valence-corrected chi connectivity index (χ0v) is 9.78. The number of nitro benzene ring substituents is 1. The molecule has 1 saturated heterocycles. The van der Waals surface area contributed by atoms with Crippen molar-refractivity contribution in [2.45, 2.75) is 25.3 Å². The van der Waals surface area contributed by atoms with Gasteiger partial charge in [0.1, 0.15) is 5.69 Å². The Morgan fingerprint density at radius 2 is 2.22 bits per heavy atom. The third-order valence-corrected chi connectivity index (χ3v) is 3.18. The van der Waals surface area contributed by atoms with Crippen molar-refractivity contribution >= 4 is 17.3 Å². The number of nitrogens with zero attached hydrogens (tertiary/aromatic N) is 2. The predicted molar refractivity (Wildman–Crippen MR) is 65.7 cm³/mol. The van der Waals surface area contributed by atoms with E-state index in [-0.39, 0.29) is 18.2 Å². The molecule has 0 radical (unpaired) electrons. The van der Waals surface area contributed by atoms with Gasteiger partial charge in [0, 0.05) is 18.7 Å². The first kappa shape index (κ1) is 12.3. The summed E-state index contributed by atoms with van der Waals surface area (Å²) in [5, 5.41) is 19.8. The van der Waals surface area contributed by atoms with Gasteiger partial charge in [-0.25, -0.2) is 0 Å². The first-order valence-corrected chi connectivity index (χ1v) is 5.81. The summed E-state index contributed by atoms with van der Waals surface area (Å²) in [7, 11) is 0. The standard InChI is InChI=1S/C12H14N2O4/c15-12(16)8-9-4-3-7-13(9)10-5-1-2-6-11(10)14(17)18/h1-2,5-6,9H,3-4,7-8H2,(H,15,16)/t9-/m1/s1. The van der Waals surface area contributed by atoms with Gasteiger partial charge < -0.3 is 10.0 Å². The quantitative estimate of drug-likeness (QED) is 0.653. The number of hydrogen-bond acceptors (Lipinski definition) is 4. The molecule has 1 aromatic rings. The normalized spacial score (nSPS) is 18.9. The molecule has 96 valence electrons. The van der Waals surface area contributed by atoms with Gasteiger partial charge in [-0.15, -0.1) is 0 Å². The van der Waals surface area contributed by atoms with Crippen molar-refractivity contribution in [3.8, 4) is 0 Å². The fourth-order valence-electron chi connectivity index (χ4n) is 2.43. The van der Waals surface area contributed by atoms with Gasteiger partial charge >= 0.3 is 5.97 Å². The SMILES string of the molecule is O=C(O)C[C@H]1CCCN1c1ccccc1[N+](=O)[O-]. The number of carboxylic acid groups (broad SMARTS) is 1. The Morgan fingerprint density at radius 1 is 1.50 bits per heavy atom. The van der Waals surface area contributed by atoms with Crippen LogP contribution in [0, 0.1) is 10.1 Å². The Kier molecular flexibility index (Phi) is 3.45. The Bertz CT molecular complexity index is 475. The van der Waals surface area contributed by atoms with Crippen LogP contribution in [0.1, 0.15) is 19.3 Å². The molecule has 1 aromatic carbocycles. The Balaban J connectivity index is 2.30. The van der Waals surface area contributed by atoms with E-state index in [1.165, 1.54) is 6.07 Å². The summed E-state index contributed by atoms with van der Waals surface area (Å²) in [6.45, 7) is 0.669. The maximum Gasteiger partial charge on any atom is 0.305 e. The molecule has 1 fully saturated rings. The largest absolute Gasteiger partial charge is 0.481 e. The summed E-state index contributed by atoms with van der Waals surface area (Å²) < 4.78 is 0. The van der Waals surface area contributed by atoms with E-state index in [1.807, 2.05) is 4.90 Å². The van der Waals surface area contributed by atoms with Crippen molar-refractivity contribution in [3.05, 3.63) is 34.4 Å². The maximum atomic E-state index is 11.0. The lowest BCUT2D eigenvalue weighted by Crippen LogP contribution is -2.31. The lowest BCUT2D eigenvalue weighted by molar-refractivity contribution is -0.384. The van der Waals surface area contributed by atoms with Gasteiger partial charge in [-0.1, -0.05) is 12.1 Å². The van der Waals surface area contributed by atoms with E-state index in [0.717, 1.165) is 12.8 Å². The maximum absolute atomic E-state index is 11.0. The van der Waals surface area contributed by atoms with Crippen LogP contribution in [-0.2, 0) is 4.79 Å². The van der Waals surface area contributed by atoms with E-state index >= 15 is 0 Å². The van der Waals surface area contributed by atoms with E-state index in [0.29, 0.717) is 12.2 Å². The van der Waals surface area contributed by atoms with Crippen LogP contribution in [0.2, 0.25) is 0 Å². The number of rotatable bonds is 4. The second-order valence-corrected chi connectivity index (χ2v) is 4.33. The summed E-state index contributed by atoms with van der Waals surface area (Å²) >= 11 is 0. The van der Waals surface area contributed by atoms with Crippen LogP contribution in [0.5, 0.6) is 0 Å². The molecule has 0 amide bonds. The molecule has 1 atom stereocenters. The Hall–Kier alpha value is -2.11. The molecule has 1 aliphatic rings. The number of aliphatic carboxylic acids is 1. The number of carboxylic acids is 1. The van der Waals surface area contributed by atoms with Crippen LogP contribution in [0.25, 0.3) is 0 Å². The van der Waals surface area contributed by atoms with Gasteiger partial charge in [-0.2, -0.15) is 0 Å². The highest BCUT2D eigenvalue weighted by Gasteiger charge is 2.30. The highest BCUT2D eigenvalue weighted by atomic mass is 16.6. The highest BCUT2D eigenvalue weighted by Crippen LogP contribution is 2.34. The lowest BCUT2D eigenvalue weighted by atomic mass is 10.1. The van der Waals surface area contributed by atoms with Gasteiger partial charge in [0.25, 0.3) is 5.69 Å². The molecule has 2 rings (SSSR count). The zero-order valence-electron chi connectivity index (χ0n) is 9.78. The fraction of sp³-hybridized carbons (Fsp3) is 0.417. The minimum Gasteiger partial charge on any atom is -0.481 e. The molecule has 0 bridgehead atoms. The monoisotopic (exact) mass is 250 g/mol. The molecule has 1 N–H and O–H groups in total. The molecule has 0 saturated carbocycles. The molecule has 1 heterocycles. The summed E-state index contributed by atoms with van der Waals surface area (Å²) in [5.74, 6) is -0.870. The van der Waals surface area contributed by atoms with Gasteiger partial charge in [0.05, 0.1) is 11.3 Å². The Morgan fingerprint density at radius 3 is 2.89 bits per heavy atom. The van der Waals surface area contributed by atoms with Crippen LogP contribution in [0.4, 0.5) is 11.4 Å². The molecular weight excluding hydrogens is 236 g/mol. The Labute approximate surface area is 104 Å². The third kappa shape index (κ3) is 2.42. The number of para-hydroxylation sites is 2. The first-order chi connectivity index (χ1) is 8.59. The molecule has 1 aliphatic heterocycles. The van der Waals surface area contributed by atoms with E-state index < -0.39 is 10.9 Å². The number of carbonyl (C=O) groups is 1. The third-order valence-electron chi connectivity index (χ3n) is 3.18. The predicted octanol–water partition coefficient (Wildman–Crippen LogP) is 2.04. The van der Waals surface area contributed by atoms with Crippen molar-refractivity contribution in [2.24, 2.45) is 0 Å². The fourth-order valence-corrected chi connectivity index (χ4v) is 2.43. The molecule has 0 aliphatic carbocycles. The first-order valence-electron chi connectivity index (χ1n) is 5.81. The number of benzene rings is 1. The van der Waals surface area contributed by atoms with Gasteiger partial charge in [0.15, 0.2) is 0 Å². The minimum atomic E-state index is -0.870. The van der Waals surface area contributed by atoms with Gasteiger partial charge in [-0.05, 0) is 18.9 Å². The summed E-state index contributed by atoms with van der Waals surface area (Å²) in [5.41, 5.74) is 0.557. The van der Waals surface area contributed by atoms with Crippen molar-refractivity contribution in [1.29, 1.82) is 0 Å². The average molecular weight is 250 g/mol. The van der Waals surface area contributed by atoms with Crippen molar-refractivity contribution in [1.82, 2.24) is 0 Å². The van der Waals surface area contributed by atoms with Crippen molar-refractivity contribution < 1.29 is 14.8 Å². The van der Waals surface area contributed by atoms with Crippen LogP contribution >= 0.6 is 0 Å². The van der Waals surface area contributed by atoms with Crippen molar-refractivity contribution in [3.63, 3.8) is 0 Å². The average Bonchev–Trinajstić information content (AvgIpc) is 2.76. The van der Waals surface area contributed by atoms with E-state index in [9.17, 15) is 14.9 Å². The van der Waals surface area contributed by atoms with Gasteiger partial charge in [-0.3, -0.25) is 14.9 Å². The zero-order chi connectivity index (χ0) is 13.1. The number of nitro groups is 1. The summed E-state index contributed by atoms with van der Waals surface area (Å²) in [6.07, 6.45) is 1.65. The van der Waals surface area contributed by atoms with E-state index in [1.54, 1.807) is 18.2 Å². The summed E-state index contributed by atoms with van der Waals surface area (Å²) in [6, 6.07) is 6.33. The number of hydrogen-bond donors (Lipinski definition) is 1. The highest BCUT2D eigenvalue weighted by molar-refractivity contribution is 5.70. The molecule has 0 spiro atoms. The lowest BCUT2D eigenvalue weighted by Gasteiger charge is -2.25. The molecule has 6 nitrogen and oxygen atoms in total. The smallest absolute Gasteiger partial charge is 0.305 e. The van der Waals surface area contributed by atoms with E-state index in [2.05, 4.69) is 0 Å². The van der Waals surface area contributed by atoms with Crippen LogP contribution in [-0.4, -0.2) is 28.6 Å². The van der Waals surface area contributed by atoms with E-state index in [4.69, 9.17) is 5.11 Å². The van der Waals surface area contributed by atoms with Gasteiger partial charge in [0.2, 0.25) is 0 Å². The van der Waals surface area contributed by atoms with Crippen LogP contribution in [0.3, 0.4) is 0 Å². The number of anilines is 1. The minimum absolute atomic E-state index is 0.0199. The molecule has 0 aromatic heterocycles. The van der Waals surface area contributed by atoms with Crippen LogP contribution < -0.4 is 4.90 Å². The second-order valence-electron chi connectivity index (χ2n) is 4.33. The van der Waals surface area contributed by atoms with Crippen molar-refractivity contribution in [2.75, 3.05) is 11.4 Å². The molecule has 0 unspecified atom stereocenters. The molecule has 6 heteroatoms.